The predicted octanol–water partition coefficient (Wildman–Crippen LogP) is 3.17. The van der Waals surface area contributed by atoms with Crippen molar-refractivity contribution in [1.82, 2.24) is 0 Å². The summed E-state index contributed by atoms with van der Waals surface area (Å²) in [7, 11) is 0. The zero-order chi connectivity index (χ0) is 13.5. The molecule has 1 saturated heterocycles. The van der Waals surface area contributed by atoms with E-state index in [1.807, 2.05) is 13.8 Å². The minimum absolute atomic E-state index is 0.00325. The number of carbonyl (C=O) groups is 1. The predicted molar refractivity (Wildman–Crippen MR) is 70.2 cm³/mol. The Balaban J connectivity index is 1.98. The average molecular weight is 254 g/mol. The first-order valence-corrected chi connectivity index (χ1v) is 7.23. The van der Waals surface area contributed by atoms with Crippen LogP contribution in [0.3, 0.4) is 0 Å². The molecule has 2 aliphatic rings. The summed E-state index contributed by atoms with van der Waals surface area (Å²) in [5.41, 5.74) is -0.678. The lowest BCUT2D eigenvalue weighted by atomic mass is 9.75. The average Bonchev–Trinajstić information content (AvgIpc) is 2.88. The van der Waals surface area contributed by atoms with Gasteiger partial charge >= 0.3 is 5.97 Å². The third kappa shape index (κ3) is 2.56. The summed E-state index contributed by atoms with van der Waals surface area (Å²) < 4.78 is 11.1. The zero-order valence-corrected chi connectivity index (χ0v) is 12.2. The van der Waals surface area contributed by atoms with Gasteiger partial charge < -0.3 is 9.47 Å². The van der Waals surface area contributed by atoms with E-state index in [1.165, 1.54) is 12.8 Å². The van der Waals surface area contributed by atoms with Crippen LogP contribution in [0, 0.1) is 17.8 Å². The van der Waals surface area contributed by atoms with E-state index in [0.717, 1.165) is 6.42 Å². The molecule has 3 heteroatoms. The maximum absolute atomic E-state index is 12.1. The lowest BCUT2D eigenvalue weighted by molar-refractivity contribution is -0.161. The van der Waals surface area contributed by atoms with E-state index >= 15 is 0 Å². The van der Waals surface area contributed by atoms with Crippen molar-refractivity contribution in [2.45, 2.75) is 71.7 Å². The number of hydrogen-bond donors (Lipinski definition) is 0. The van der Waals surface area contributed by atoms with E-state index in [2.05, 4.69) is 20.8 Å². The van der Waals surface area contributed by atoms with Crippen LogP contribution in [0.1, 0.15) is 53.9 Å². The van der Waals surface area contributed by atoms with E-state index < -0.39 is 5.60 Å². The van der Waals surface area contributed by atoms with Gasteiger partial charge in [-0.3, -0.25) is 0 Å². The second-order valence-electron chi connectivity index (χ2n) is 6.64. The Morgan fingerprint density at radius 2 is 1.94 bits per heavy atom. The normalized spacial score (nSPS) is 43.9. The molecule has 18 heavy (non-hydrogen) atoms. The summed E-state index contributed by atoms with van der Waals surface area (Å²) in [5, 5.41) is 0. The van der Waals surface area contributed by atoms with Crippen molar-refractivity contribution in [3.05, 3.63) is 0 Å². The molecule has 0 N–H and O–H groups in total. The van der Waals surface area contributed by atoms with Crippen molar-refractivity contribution in [2.24, 2.45) is 17.8 Å². The van der Waals surface area contributed by atoms with Gasteiger partial charge in [0.2, 0.25) is 0 Å². The van der Waals surface area contributed by atoms with Crippen LogP contribution < -0.4 is 0 Å². The Kier molecular flexibility index (Phi) is 3.72. The van der Waals surface area contributed by atoms with E-state index in [-0.39, 0.29) is 18.2 Å². The van der Waals surface area contributed by atoms with E-state index in [4.69, 9.17) is 9.47 Å². The van der Waals surface area contributed by atoms with E-state index in [0.29, 0.717) is 17.8 Å². The molecule has 1 saturated carbocycles. The highest BCUT2D eigenvalue weighted by atomic mass is 16.7. The third-order valence-corrected chi connectivity index (χ3v) is 4.77. The van der Waals surface area contributed by atoms with Gasteiger partial charge in [-0.2, -0.15) is 0 Å². The van der Waals surface area contributed by atoms with Crippen molar-refractivity contribution in [1.29, 1.82) is 0 Å². The van der Waals surface area contributed by atoms with Gasteiger partial charge in [0, 0.05) is 0 Å². The quantitative estimate of drug-likeness (QED) is 0.573. The summed E-state index contributed by atoms with van der Waals surface area (Å²) in [6, 6.07) is 0. The molecule has 0 aromatic rings. The molecule has 1 aliphatic heterocycles. The number of epoxide rings is 1. The monoisotopic (exact) mass is 254 g/mol. The lowest BCUT2D eigenvalue weighted by Gasteiger charge is -2.37. The van der Waals surface area contributed by atoms with Crippen molar-refractivity contribution in [2.75, 3.05) is 0 Å². The van der Waals surface area contributed by atoms with Crippen molar-refractivity contribution in [3.8, 4) is 0 Å². The fourth-order valence-electron chi connectivity index (χ4n) is 3.05. The minimum atomic E-state index is -0.678. The van der Waals surface area contributed by atoms with E-state index in [9.17, 15) is 4.79 Å². The Morgan fingerprint density at radius 1 is 1.33 bits per heavy atom. The Hall–Kier alpha value is -0.570. The highest BCUT2D eigenvalue weighted by Crippen LogP contribution is 2.40. The van der Waals surface area contributed by atoms with Gasteiger partial charge in [0.25, 0.3) is 0 Å². The molecule has 0 bridgehead atoms. The first-order valence-electron chi connectivity index (χ1n) is 7.23. The van der Waals surface area contributed by atoms with Crippen LogP contribution in [-0.4, -0.2) is 23.8 Å². The van der Waals surface area contributed by atoms with Crippen LogP contribution in [0.25, 0.3) is 0 Å². The third-order valence-electron chi connectivity index (χ3n) is 4.77. The number of rotatable bonds is 3. The number of hydrogen-bond acceptors (Lipinski definition) is 3. The zero-order valence-electron chi connectivity index (χ0n) is 12.2. The molecule has 0 spiro atoms. The number of carbonyl (C=O) groups excluding carboxylic acids is 1. The summed E-state index contributed by atoms with van der Waals surface area (Å²) in [5.74, 6) is 1.56. The molecule has 0 radical (unpaired) electrons. The molecular formula is C15H26O3. The molecule has 2 fully saturated rings. The van der Waals surface area contributed by atoms with E-state index in [1.54, 1.807) is 0 Å². The minimum Gasteiger partial charge on any atom is -0.460 e. The maximum atomic E-state index is 12.1. The van der Waals surface area contributed by atoms with Crippen LogP contribution >= 0.6 is 0 Å². The summed E-state index contributed by atoms with van der Waals surface area (Å²) in [6.07, 6.45) is 3.50. The molecule has 0 aromatic carbocycles. The topological polar surface area (TPSA) is 38.8 Å². The van der Waals surface area contributed by atoms with Crippen LogP contribution in [-0.2, 0) is 14.3 Å². The second kappa shape index (κ2) is 4.84. The van der Waals surface area contributed by atoms with Crippen molar-refractivity contribution >= 4 is 5.97 Å². The Bertz CT molecular complexity index is 326. The highest BCUT2D eigenvalue weighted by Gasteiger charge is 2.58. The Labute approximate surface area is 110 Å². The smallest absolute Gasteiger partial charge is 0.341 e. The molecular weight excluding hydrogens is 228 g/mol. The van der Waals surface area contributed by atoms with Crippen LogP contribution in [0.15, 0.2) is 0 Å². The molecule has 1 aliphatic carbocycles. The first kappa shape index (κ1) is 13.9. The number of ether oxygens (including phenoxy) is 2. The molecule has 3 nitrogen and oxygen atoms in total. The van der Waals surface area contributed by atoms with Gasteiger partial charge in [-0.25, -0.2) is 4.79 Å². The fourth-order valence-corrected chi connectivity index (χ4v) is 3.05. The molecule has 5 atom stereocenters. The van der Waals surface area contributed by atoms with Crippen LogP contribution in [0.4, 0.5) is 0 Å². The van der Waals surface area contributed by atoms with Gasteiger partial charge in [-0.1, -0.05) is 27.2 Å². The molecule has 0 aromatic heterocycles. The largest absolute Gasteiger partial charge is 0.460 e. The maximum Gasteiger partial charge on any atom is 0.341 e. The fraction of sp³-hybridized carbons (Fsp3) is 0.933. The molecule has 0 amide bonds. The van der Waals surface area contributed by atoms with Crippen LogP contribution in [0.5, 0.6) is 0 Å². The SMILES string of the molecule is CC(C)[C@@H]1CC[C@@H](C)C[C@H]1OC(=O)[C@]1(C)O[C@@H]1C. The van der Waals surface area contributed by atoms with Gasteiger partial charge in [0.05, 0.1) is 6.10 Å². The molecule has 104 valence electrons. The molecule has 1 heterocycles. The van der Waals surface area contributed by atoms with Gasteiger partial charge in [0.15, 0.2) is 5.60 Å². The first-order chi connectivity index (χ1) is 8.34. The number of esters is 1. The standard InChI is InChI=1S/C15H26O3/c1-9(2)12-7-6-10(3)8-13(12)17-14(16)15(5)11(4)18-15/h9-13H,6-8H2,1-5H3/t10-,11-,12+,13-,15-/m1/s1. The highest BCUT2D eigenvalue weighted by molar-refractivity contribution is 5.82. The molecule has 0 unspecified atom stereocenters. The van der Waals surface area contributed by atoms with Gasteiger partial charge in [0.1, 0.15) is 6.10 Å². The Morgan fingerprint density at radius 3 is 2.44 bits per heavy atom. The van der Waals surface area contributed by atoms with Gasteiger partial charge in [-0.15, -0.1) is 0 Å². The summed E-state index contributed by atoms with van der Waals surface area (Å²) >= 11 is 0. The van der Waals surface area contributed by atoms with Gasteiger partial charge in [-0.05, 0) is 44.4 Å². The summed E-state index contributed by atoms with van der Waals surface area (Å²) in [4.78, 5) is 12.1. The lowest BCUT2D eigenvalue weighted by Crippen LogP contribution is -2.39. The van der Waals surface area contributed by atoms with Crippen molar-refractivity contribution in [3.63, 3.8) is 0 Å². The second-order valence-corrected chi connectivity index (χ2v) is 6.64. The van der Waals surface area contributed by atoms with Crippen molar-refractivity contribution < 1.29 is 14.3 Å². The molecule has 2 rings (SSSR count). The van der Waals surface area contributed by atoms with Crippen LogP contribution in [0.2, 0.25) is 0 Å². The summed E-state index contributed by atoms with van der Waals surface area (Å²) in [6.45, 7) is 10.4.